The van der Waals surface area contributed by atoms with Gasteiger partial charge in [0.2, 0.25) is 10.0 Å². The summed E-state index contributed by atoms with van der Waals surface area (Å²) < 4.78 is 33.9. The number of ether oxygens (including phenoxy) is 1. The van der Waals surface area contributed by atoms with Crippen molar-refractivity contribution in [2.24, 2.45) is 0 Å². The second-order valence-corrected chi connectivity index (χ2v) is 14.1. The van der Waals surface area contributed by atoms with Gasteiger partial charge in [-0.3, -0.25) is 10.1 Å². The van der Waals surface area contributed by atoms with E-state index >= 15 is 0 Å². The summed E-state index contributed by atoms with van der Waals surface area (Å²) in [4.78, 5) is 28.1. The Morgan fingerprint density at radius 2 is 1.63 bits per heavy atom. The average molecular weight is 649 g/mol. The Labute approximate surface area is 272 Å². The number of likely N-dealkylation sites (tertiary alicyclic amines) is 1. The third kappa shape index (κ3) is 9.02. The van der Waals surface area contributed by atoms with Gasteiger partial charge in [0.25, 0.3) is 5.69 Å². The third-order valence-electron chi connectivity index (χ3n) is 8.75. The van der Waals surface area contributed by atoms with Gasteiger partial charge >= 0.3 is 6.09 Å². The predicted molar refractivity (Wildman–Crippen MR) is 179 cm³/mol. The van der Waals surface area contributed by atoms with Gasteiger partial charge in [-0.1, -0.05) is 67.6 Å². The molecule has 0 spiro atoms. The number of non-ortho nitro benzene ring substituents is 1. The number of benzene rings is 3. The molecule has 0 bridgehead atoms. The van der Waals surface area contributed by atoms with Gasteiger partial charge in [-0.05, 0) is 68.1 Å². The molecular formula is C35H44N4O6S. The highest BCUT2D eigenvalue weighted by molar-refractivity contribution is 7.89. The third-order valence-corrected chi connectivity index (χ3v) is 10.6. The first-order valence-corrected chi connectivity index (χ1v) is 17.0. The smallest absolute Gasteiger partial charge is 0.410 e. The van der Waals surface area contributed by atoms with E-state index in [4.69, 9.17) is 4.74 Å². The molecule has 0 radical (unpaired) electrons. The molecule has 0 N–H and O–H groups in total. The minimum atomic E-state index is -3.65. The van der Waals surface area contributed by atoms with Gasteiger partial charge in [-0.2, -0.15) is 0 Å². The molecule has 0 saturated carbocycles. The Balaban J connectivity index is 1.37. The van der Waals surface area contributed by atoms with Gasteiger partial charge in [-0.15, -0.1) is 0 Å². The topological polar surface area (TPSA) is 113 Å². The maximum atomic E-state index is 13.4. The molecule has 0 aromatic heterocycles. The van der Waals surface area contributed by atoms with Crippen molar-refractivity contribution in [1.82, 2.24) is 14.1 Å². The number of carbonyl (C=O) groups is 1. The average Bonchev–Trinajstić information content (AvgIpc) is 3.08. The van der Waals surface area contributed by atoms with Crippen LogP contribution in [0.1, 0.15) is 44.2 Å². The lowest BCUT2D eigenvalue weighted by Gasteiger charge is -2.40. The van der Waals surface area contributed by atoms with E-state index in [1.165, 1.54) is 16.4 Å². The quantitative estimate of drug-likeness (QED) is 0.116. The summed E-state index contributed by atoms with van der Waals surface area (Å²) >= 11 is 0. The second-order valence-electron chi connectivity index (χ2n) is 12.0. The number of rotatable bonds is 14. The van der Waals surface area contributed by atoms with E-state index in [0.717, 1.165) is 44.5 Å². The molecule has 1 aliphatic heterocycles. The summed E-state index contributed by atoms with van der Waals surface area (Å²) in [5.74, 6) is 0. The highest BCUT2D eigenvalue weighted by Crippen LogP contribution is 2.31. The van der Waals surface area contributed by atoms with E-state index in [1.54, 1.807) is 54.4 Å². The number of nitrogens with zero attached hydrogens (tertiary/aromatic N) is 4. The van der Waals surface area contributed by atoms with Crippen LogP contribution < -0.4 is 0 Å². The minimum absolute atomic E-state index is 0.00938. The number of nitro benzene ring substituents is 1. The number of likely N-dealkylation sites (N-methyl/N-ethyl adjacent to an activating group) is 1. The van der Waals surface area contributed by atoms with Crippen molar-refractivity contribution < 1.29 is 22.9 Å². The van der Waals surface area contributed by atoms with E-state index in [-0.39, 0.29) is 23.2 Å². The zero-order chi connectivity index (χ0) is 33.2. The summed E-state index contributed by atoms with van der Waals surface area (Å²) in [7, 11) is -2.00. The van der Waals surface area contributed by atoms with Gasteiger partial charge < -0.3 is 14.5 Å². The van der Waals surface area contributed by atoms with E-state index in [1.807, 2.05) is 37.3 Å². The lowest BCUT2D eigenvalue weighted by molar-refractivity contribution is -0.384. The summed E-state index contributed by atoms with van der Waals surface area (Å²) in [5.41, 5.74) is 1.34. The van der Waals surface area contributed by atoms with Crippen LogP contribution in [0.2, 0.25) is 0 Å². The van der Waals surface area contributed by atoms with Gasteiger partial charge in [0.05, 0.1) is 9.82 Å². The molecule has 10 nitrogen and oxygen atoms in total. The molecule has 246 valence electrons. The number of sulfonamides is 1. The number of amides is 1. The summed E-state index contributed by atoms with van der Waals surface area (Å²) in [6.45, 7) is 7.24. The molecule has 1 saturated heterocycles. The number of hydrogen-bond acceptors (Lipinski definition) is 7. The van der Waals surface area contributed by atoms with E-state index in [0.29, 0.717) is 18.7 Å². The van der Waals surface area contributed by atoms with Crippen LogP contribution in [0, 0.1) is 10.1 Å². The predicted octanol–water partition coefficient (Wildman–Crippen LogP) is 6.24. The number of nitro groups is 1. The molecule has 1 heterocycles. The fourth-order valence-corrected chi connectivity index (χ4v) is 7.21. The molecule has 4 rings (SSSR count). The standard InChI is InChI=1S/C35H44N4O6S/c1-4-5-23-38(34(40)45-27-29-16-18-32(19-17-29)39(41)42)31-20-24-37(25-21-31)26-22-35(2,30-12-8-6-9-13-30)28-36(3)46(43,44)33-14-10-7-11-15-33/h4-19,31H,20-28H2,1-3H3/b5-4+. The maximum Gasteiger partial charge on any atom is 0.410 e. The highest BCUT2D eigenvalue weighted by atomic mass is 32.2. The number of allylic oxidation sites excluding steroid dienone is 1. The van der Waals surface area contributed by atoms with E-state index in [2.05, 4.69) is 24.0 Å². The first-order valence-electron chi connectivity index (χ1n) is 15.6. The fraction of sp³-hybridized carbons (Fsp3) is 0.400. The Bertz CT molecular complexity index is 1560. The largest absolute Gasteiger partial charge is 0.445 e. The SMILES string of the molecule is C/C=C/CN(C(=O)OCc1ccc([N+](=O)[O-])cc1)C1CCN(CCC(C)(CN(C)S(=O)(=O)c2ccccc2)c2ccccc2)CC1. The summed E-state index contributed by atoms with van der Waals surface area (Å²) in [6, 6.07) is 24.6. The van der Waals surface area contributed by atoms with Crippen molar-refractivity contribution in [2.75, 3.05) is 39.8 Å². The highest BCUT2D eigenvalue weighted by Gasteiger charge is 2.34. The van der Waals surface area contributed by atoms with Crippen molar-refractivity contribution in [3.05, 3.63) is 118 Å². The maximum absolute atomic E-state index is 13.4. The molecule has 1 fully saturated rings. The number of hydrogen-bond donors (Lipinski definition) is 0. The molecule has 3 aromatic rings. The van der Waals surface area contributed by atoms with Crippen LogP contribution in [0.15, 0.2) is 102 Å². The summed E-state index contributed by atoms with van der Waals surface area (Å²) in [6.07, 6.45) is 5.77. The Morgan fingerprint density at radius 1 is 1.02 bits per heavy atom. The Kier molecular flexibility index (Phi) is 12.1. The molecule has 11 heteroatoms. The summed E-state index contributed by atoms with van der Waals surface area (Å²) in [5, 5.41) is 10.9. The van der Waals surface area contributed by atoms with Crippen LogP contribution >= 0.6 is 0 Å². The first kappa shape index (κ1) is 34.8. The van der Waals surface area contributed by atoms with Crippen molar-refractivity contribution in [3.63, 3.8) is 0 Å². The van der Waals surface area contributed by atoms with Crippen molar-refractivity contribution in [3.8, 4) is 0 Å². The number of piperidine rings is 1. The molecule has 1 unspecified atom stereocenters. The normalized spacial score (nSPS) is 15.9. The molecule has 1 aliphatic rings. The van der Waals surface area contributed by atoms with Gasteiger partial charge in [-0.25, -0.2) is 17.5 Å². The van der Waals surface area contributed by atoms with E-state index in [9.17, 15) is 23.3 Å². The molecule has 46 heavy (non-hydrogen) atoms. The minimum Gasteiger partial charge on any atom is -0.445 e. The molecule has 1 amide bonds. The molecular weight excluding hydrogens is 604 g/mol. The van der Waals surface area contributed by atoms with Crippen LogP contribution in [0.25, 0.3) is 0 Å². The second kappa shape index (κ2) is 16.0. The zero-order valence-corrected chi connectivity index (χ0v) is 27.6. The van der Waals surface area contributed by atoms with E-state index < -0.39 is 26.5 Å². The van der Waals surface area contributed by atoms with Crippen molar-refractivity contribution in [1.29, 1.82) is 0 Å². The zero-order valence-electron chi connectivity index (χ0n) is 26.8. The van der Waals surface area contributed by atoms with Crippen molar-refractivity contribution in [2.45, 2.75) is 56.1 Å². The monoisotopic (exact) mass is 648 g/mol. The van der Waals surface area contributed by atoms with Crippen LogP contribution in [-0.2, 0) is 26.8 Å². The molecule has 3 aromatic carbocycles. The molecule has 1 atom stereocenters. The van der Waals surface area contributed by atoms with Crippen LogP contribution in [0.5, 0.6) is 0 Å². The molecule has 0 aliphatic carbocycles. The number of carbonyl (C=O) groups excluding carboxylic acids is 1. The van der Waals surface area contributed by atoms with Crippen LogP contribution in [0.3, 0.4) is 0 Å². The Morgan fingerprint density at radius 3 is 2.22 bits per heavy atom. The first-order chi connectivity index (χ1) is 22.0. The van der Waals surface area contributed by atoms with Gasteiger partial charge in [0.15, 0.2) is 0 Å². The van der Waals surface area contributed by atoms with Gasteiger partial charge in [0.1, 0.15) is 6.61 Å². The van der Waals surface area contributed by atoms with Crippen LogP contribution in [-0.4, -0.2) is 79.4 Å². The van der Waals surface area contributed by atoms with Crippen LogP contribution in [0.4, 0.5) is 10.5 Å². The fourth-order valence-electron chi connectivity index (χ4n) is 5.90. The Hall–Kier alpha value is -4.06. The van der Waals surface area contributed by atoms with Gasteiger partial charge in [0, 0.05) is 56.8 Å². The lowest BCUT2D eigenvalue weighted by atomic mass is 9.79. The lowest BCUT2D eigenvalue weighted by Crippen LogP contribution is -2.48. The van der Waals surface area contributed by atoms with Crippen molar-refractivity contribution >= 4 is 21.8 Å².